The number of anilines is 1. The summed E-state index contributed by atoms with van der Waals surface area (Å²) in [6.45, 7) is 3.86. The van der Waals surface area contributed by atoms with Crippen molar-refractivity contribution in [1.82, 2.24) is 0 Å². The standard InChI is InChI=1S/C15H21NO3/c1-4-12-5-7-13(8-6-12)16(3)14(17)9-11(2)10-15(18)19/h5-8,11H,4,9-10H2,1-3H3,(H,18,19). The fraction of sp³-hybridized carbons (Fsp3) is 0.467. The van der Waals surface area contributed by atoms with Crippen molar-refractivity contribution in [2.45, 2.75) is 33.1 Å². The minimum atomic E-state index is -0.866. The number of carboxylic acid groups (broad SMARTS) is 1. The quantitative estimate of drug-likeness (QED) is 0.858. The summed E-state index contributed by atoms with van der Waals surface area (Å²) in [6.07, 6.45) is 1.24. The molecule has 104 valence electrons. The number of carbonyl (C=O) groups excluding carboxylic acids is 1. The molecule has 0 saturated carbocycles. The van der Waals surface area contributed by atoms with Crippen LogP contribution in [0.4, 0.5) is 5.69 Å². The van der Waals surface area contributed by atoms with Crippen molar-refractivity contribution in [3.63, 3.8) is 0 Å². The predicted octanol–water partition coefficient (Wildman–Crippen LogP) is 2.71. The second-order valence-electron chi connectivity index (χ2n) is 4.88. The molecule has 0 aliphatic carbocycles. The average molecular weight is 263 g/mol. The number of rotatable bonds is 6. The van der Waals surface area contributed by atoms with E-state index >= 15 is 0 Å². The van der Waals surface area contributed by atoms with Crippen LogP contribution in [0.5, 0.6) is 0 Å². The van der Waals surface area contributed by atoms with Gasteiger partial charge in [-0.05, 0) is 30.0 Å². The molecule has 0 saturated heterocycles. The highest BCUT2D eigenvalue weighted by molar-refractivity contribution is 5.93. The largest absolute Gasteiger partial charge is 0.481 e. The average Bonchev–Trinajstić information content (AvgIpc) is 2.36. The molecule has 1 aromatic rings. The third-order valence-electron chi connectivity index (χ3n) is 3.15. The Morgan fingerprint density at radius 3 is 2.26 bits per heavy atom. The Bertz CT molecular complexity index is 439. The van der Waals surface area contributed by atoms with Gasteiger partial charge in [-0.1, -0.05) is 26.0 Å². The summed E-state index contributed by atoms with van der Waals surface area (Å²) in [7, 11) is 1.72. The van der Waals surface area contributed by atoms with Gasteiger partial charge < -0.3 is 10.0 Å². The zero-order valence-corrected chi connectivity index (χ0v) is 11.7. The molecule has 4 nitrogen and oxygen atoms in total. The van der Waals surface area contributed by atoms with Crippen LogP contribution < -0.4 is 4.90 Å². The van der Waals surface area contributed by atoms with E-state index in [0.717, 1.165) is 12.1 Å². The molecule has 0 fully saturated rings. The van der Waals surface area contributed by atoms with E-state index in [-0.39, 0.29) is 24.7 Å². The maximum Gasteiger partial charge on any atom is 0.303 e. The fourth-order valence-corrected chi connectivity index (χ4v) is 1.90. The van der Waals surface area contributed by atoms with E-state index in [1.807, 2.05) is 24.3 Å². The van der Waals surface area contributed by atoms with E-state index in [1.165, 1.54) is 5.56 Å². The number of amides is 1. The molecule has 4 heteroatoms. The molecular weight excluding hydrogens is 242 g/mol. The van der Waals surface area contributed by atoms with Crippen molar-refractivity contribution in [3.8, 4) is 0 Å². The molecule has 19 heavy (non-hydrogen) atoms. The monoisotopic (exact) mass is 263 g/mol. The highest BCUT2D eigenvalue weighted by Crippen LogP contribution is 2.17. The normalized spacial score (nSPS) is 11.9. The van der Waals surface area contributed by atoms with Gasteiger partial charge in [-0.15, -0.1) is 0 Å². The van der Waals surface area contributed by atoms with E-state index in [0.29, 0.717) is 0 Å². The molecule has 1 unspecified atom stereocenters. The van der Waals surface area contributed by atoms with Crippen LogP contribution in [-0.2, 0) is 16.0 Å². The molecule has 0 aliphatic heterocycles. The first kappa shape index (κ1) is 15.2. The van der Waals surface area contributed by atoms with E-state index in [9.17, 15) is 9.59 Å². The fourth-order valence-electron chi connectivity index (χ4n) is 1.90. The van der Waals surface area contributed by atoms with E-state index in [1.54, 1.807) is 18.9 Å². The molecule has 0 heterocycles. The van der Waals surface area contributed by atoms with E-state index < -0.39 is 5.97 Å². The van der Waals surface area contributed by atoms with Crippen LogP contribution in [0.15, 0.2) is 24.3 Å². The third-order valence-corrected chi connectivity index (χ3v) is 3.15. The number of nitrogens with zero attached hydrogens (tertiary/aromatic N) is 1. The van der Waals surface area contributed by atoms with Crippen molar-refractivity contribution in [1.29, 1.82) is 0 Å². The first-order valence-electron chi connectivity index (χ1n) is 6.51. The molecule has 0 aliphatic rings. The summed E-state index contributed by atoms with van der Waals surface area (Å²) < 4.78 is 0. The lowest BCUT2D eigenvalue weighted by Gasteiger charge is -2.19. The minimum absolute atomic E-state index is 0.0222. The van der Waals surface area contributed by atoms with Gasteiger partial charge in [0.05, 0.1) is 0 Å². The van der Waals surface area contributed by atoms with Gasteiger partial charge in [0.2, 0.25) is 5.91 Å². The second kappa shape index (κ2) is 6.92. The molecule has 1 aromatic carbocycles. The topological polar surface area (TPSA) is 57.6 Å². The number of aliphatic carboxylic acids is 1. The van der Waals surface area contributed by atoms with Crippen LogP contribution in [0.2, 0.25) is 0 Å². The van der Waals surface area contributed by atoms with Crippen LogP contribution in [0, 0.1) is 5.92 Å². The van der Waals surface area contributed by atoms with Gasteiger partial charge in [-0.25, -0.2) is 0 Å². The summed E-state index contributed by atoms with van der Waals surface area (Å²) in [5.74, 6) is -1.07. The second-order valence-corrected chi connectivity index (χ2v) is 4.88. The predicted molar refractivity (Wildman–Crippen MR) is 75.3 cm³/mol. The summed E-state index contributed by atoms with van der Waals surface area (Å²) in [6, 6.07) is 7.83. The summed E-state index contributed by atoms with van der Waals surface area (Å²) >= 11 is 0. The molecule has 1 rings (SSSR count). The van der Waals surface area contributed by atoms with Gasteiger partial charge in [0, 0.05) is 25.6 Å². The SMILES string of the molecule is CCc1ccc(N(C)C(=O)CC(C)CC(=O)O)cc1. The van der Waals surface area contributed by atoms with E-state index in [2.05, 4.69) is 6.92 Å². The van der Waals surface area contributed by atoms with Gasteiger partial charge in [0.1, 0.15) is 0 Å². The van der Waals surface area contributed by atoms with Gasteiger partial charge in [-0.2, -0.15) is 0 Å². The number of carboxylic acids is 1. The van der Waals surface area contributed by atoms with Gasteiger partial charge in [-0.3, -0.25) is 9.59 Å². The number of carbonyl (C=O) groups is 2. The zero-order chi connectivity index (χ0) is 14.4. The maximum atomic E-state index is 12.0. The Morgan fingerprint density at radius 2 is 1.79 bits per heavy atom. The van der Waals surface area contributed by atoms with Crippen LogP contribution >= 0.6 is 0 Å². The highest BCUT2D eigenvalue weighted by atomic mass is 16.4. The van der Waals surface area contributed by atoms with E-state index in [4.69, 9.17) is 5.11 Å². The number of hydrogen-bond acceptors (Lipinski definition) is 2. The first-order chi connectivity index (χ1) is 8.93. The van der Waals surface area contributed by atoms with Gasteiger partial charge in [0.25, 0.3) is 0 Å². The Balaban J connectivity index is 2.62. The minimum Gasteiger partial charge on any atom is -0.481 e. The van der Waals surface area contributed by atoms with Crippen molar-refractivity contribution >= 4 is 17.6 Å². The Kier molecular flexibility index (Phi) is 5.55. The van der Waals surface area contributed by atoms with Crippen molar-refractivity contribution in [2.75, 3.05) is 11.9 Å². The Labute approximate surface area is 114 Å². The molecular formula is C15H21NO3. The summed E-state index contributed by atoms with van der Waals surface area (Å²) in [4.78, 5) is 24.2. The van der Waals surface area contributed by atoms with Crippen molar-refractivity contribution in [2.24, 2.45) is 5.92 Å². The lowest BCUT2D eigenvalue weighted by atomic mass is 10.0. The molecule has 1 N–H and O–H groups in total. The van der Waals surface area contributed by atoms with Crippen molar-refractivity contribution < 1.29 is 14.7 Å². The highest BCUT2D eigenvalue weighted by Gasteiger charge is 2.16. The number of hydrogen-bond donors (Lipinski definition) is 1. The van der Waals surface area contributed by atoms with Gasteiger partial charge in [0.15, 0.2) is 0 Å². The van der Waals surface area contributed by atoms with Crippen LogP contribution in [0.1, 0.15) is 32.3 Å². The van der Waals surface area contributed by atoms with Crippen molar-refractivity contribution in [3.05, 3.63) is 29.8 Å². The summed E-state index contributed by atoms with van der Waals surface area (Å²) in [5.41, 5.74) is 2.06. The first-order valence-corrected chi connectivity index (χ1v) is 6.51. The zero-order valence-electron chi connectivity index (χ0n) is 11.7. The number of benzene rings is 1. The Morgan fingerprint density at radius 1 is 1.21 bits per heavy atom. The summed E-state index contributed by atoms with van der Waals surface area (Å²) in [5, 5.41) is 8.69. The lowest BCUT2D eigenvalue weighted by Crippen LogP contribution is -2.28. The molecule has 0 radical (unpaired) electrons. The molecule has 0 bridgehead atoms. The molecule has 0 aromatic heterocycles. The molecule has 0 spiro atoms. The Hall–Kier alpha value is -1.84. The molecule has 1 amide bonds. The molecule has 1 atom stereocenters. The maximum absolute atomic E-state index is 12.0. The number of aryl methyl sites for hydroxylation is 1. The van der Waals surface area contributed by atoms with Crippen LogP contribution in [0.3, 0.4) is 0 Å². The van der Waals surface area contributed by atoms with Crippen LogP contribution in [0.25, 0.3) is 0 Å². The lowest BCUT2D eigenvalue weighted by molar-refractivity contribution is -0.138. The smallest absolute Gasteiger partial charge is 0.303 e. The van der Waals surface area contributed by atoms with Gasteiger partial charge >= 0.3 is 5.97 Å². The third kappa shape index (κ3) is 4.73. The van der Waals surface area contributed by atoms with Crippen LogP contribution in [-0.4, -0.2) is 24.0 Å².